The molecule has 3 heterocycles. The number of amides is 1. The molecule has 0 radical (unpaired) electrons. The zero-order valence-electron chi connectivity index (χ0n) is 19.3. The molecule has 3 aliphatic rings. The van der Waals surface area contributed by atoms with Crippen molar-refractivity contribution in [2.75, 3.05) is 45.8 Å². The van der Waals surface area contributed by atoms with E-state index < -0.39 is 10.0 Å². The molecule has 8 nitrogen and oxygen atoms in total. The summed E-state index contributed by atoms with van der Waals surface area (Å²) in [6, 6.07) is 17.0. The van der Waals surface area contributed by atoms with Crippen LogP contribution < -0.4 is 5.32 Å². The van der Waals surface area contributed by atoms with Crippen LogP contribution in [0.15, 0.2) is 63.9 Å². The molecule has 1 atom stereocenters. The smallest absolute Gasteiger partial charge is 0.285 e. The normalized spacial score (nSPS) is 22.4. The average molecular weight is 482 g/mol. The number of hydrogen-bond donors (Lipinski definition) is 1. The number of amidine groups is 1. The fraction of sp³-hybridized carbons (Fsp3) is 0.440. The molecule has 0 aliphatic carbocycles. The Bertz CT molecular complexity index is 1160. The van der Waals surface area contributed by atoms with Crippen LogP contribution in [0.1, 0.15) is 24.0 Å². The van der Waals surface area contributed by atoms with E-state index in [4.69, 9.17) is 0 Å². The minimum Gasteiger partial charge on any atom is -0.353 e. The number of fused-ring (bicyclic) bond motifs is 1. The van der Waals surface area contributed by atoms with Gasteiger partial charge in [0.05, 0.1) is 0 Å². The van der Waals surface area contributed by atoms with Gasteiger partial charge in [-0.05, 0) is 30.5 Å². The van der Waals surface area contributed by atoms with Gasteiger partial charge >= 0.3 is 0 Å². The Balaban J connectivity index is 1.11. The molecule has 9 heteroatoms. The van der Waals surface area contributed by atoms with Crippen LogP contribution in [0.5, 0.6) is 0 Å². The summed E-state index contributed by atoms with van der Waals surface area (Å²) in [6.07, 6.45) is 1.54. The Hall–Kier alpha value is -2.75. The van der Waals surface area contributed by atoms with Crippen molar-refractivity contribution in [1.82, 2.24) is 20.0 Å². The van der Waals surface area contributed by atoms with E-state index >= 15 is 0 Å². The number of nitrogens with one attached hydrogen (secondary N) is 1. The van der Waals surface area contributed by atoms with Gasteiger partial charge in [-0.2, -0.15) is 8.42 Å². The van der Waals surface area contributed by atoms with Crippen LogP contribution in [0.25, 0.3) is 0 Å². The van der Waals surface area contributed by atoms with Gasteiger partial charge < -0.3 is 10.2 Å². The summed E-state index contributed by atoms with van der Waals surface area (Å²) >= 11 is 0. The van der Waals surface area contributed by atoms with Gasteiger partial charge in [-0.3, -0.25) is 14.6 Å². The molecule has 34 heavy (non-hydrogen) atoms. The predicted molar refractivity (Wildman–Crippen MR) is 131 cm³/mol. The number of benzene rings is 2. The lowest BCUT2D eigenvalue weighted by Gasteiger charge is -2.35. The van der Waals surface area contributed by atoms with Crippen molar-refractivity contribution >= 4 is 21.8 Å². The van der Waals surface area contributed by atoms with E-state index in [0.717, 1.165) is 45.7 Å². The van der Waals surface area contributed by atoms with Crippen LogP contribution in [0.4, 0.5) is 0 Å². The monoisotopic (exact) mass is 481 g/mol. The van der Waals surface area contributed by atoms with Crippen molar-refractivity contribution in [2.24, 2.45) is 4.40 Å². The maximum absolute atomic E-state index is 13.0. The van der Waals surface area contributed by atoms with E-state index in [9.17, 15) is 13.2 Å². The molecule has 3 aliphatic heterocycles. The third-order valence-electron chi connectivity index (χ3n) is 6.88. The Labute approximate surface area is 201 Å². The number of piperazine rings is 1. The largest absolute Gasteiger partial charge is 0.353 e. The highest BCUT2D eigenvalue weighted by Crippen LogP contribution is 2.31. The van der Waals surface area contributed by atoms with Crippen molar-refractivity contribution in [2.45, 2.75) is 30.3 Å². The van der Waals surface area contributed by atoms with Gasteiger partial charge in [-0.25, -0.2) is 0 Å². The van der Waals surface area contributed by atoms with Crippen LogP contribution in [-0.2, 0) is 21.4 Å². The number of nitrogens with zero attached hydrogens (tertiary/aromatic N) is 4. The second-order valence-electron chi connectivity index (χ2n) is 9.13. The highest BCUT2D eigenvalue weighted by Gasteiger charge is 2.39. The fourth-order valence-corrected chi connectivity index (χ4v) is 6.27. The molecule has 0 bridgehead atoms. The quantitative estimate of drug-likeness (QED) is 0.674. The zero-order valence-corrected chi connectivity index (χ0v) is 20.1. The second kappa shape index (κ2) is 9.85. The summed E-state index contributed by atoms with van der Waals surface area (Å²) in [5, 5.41) is 3.08. The lowest BCUT2D eigenvalue weighted by Crippen LogP contribution is -2.50. The third-order valence-corrected chi connectivity index (χ3v) is 8.21. The third kappa shape index (κ3) is 4.87. The summed E-state index contributed by atoms with van der Waals surface area (Å²) < 4.78 is 28.9. The number of sulfonamides is 1. The van der Waals surface area contributed by atoms with Crippen LogP contribution >= 0.6 is 0 Å². The first-order chi connectivity index (χ1) is 16.5. The summed E-state index contributed by atoms with van der Waals surface area (Å²) in [6.45, 7) is 7.03. The minimum absolute atomic E-state index is 0.0512. The van der Waals surface area contributed by atoms with Gasteiger partial charge in [0.1, 0.15) is 10.9 Å². The number of hydrogen-bond acceptors (Lipinski definition) is 6. The van der Waals surface area contributed by atoms with Gasteiger partial charge in [0, 0.05) is 57.9 Å². The molecule has 180 valence electrons. The Morgan fingerprint density at radius 1 is 0.941 bits per heavy atom. The minimum atomic E-state index is -3.69. The predicted octanol–water partition coefficient (Wildman–Crippen LogP) is 1.53. The van der Waals surface area contributed by atoms with Crippen molar-refractivity contribution < 1.29 is 13.2 Å². The molecule has 5 rings (SSSR count). The van der Waals surface area contributed by atoms with Crippen LogP contribution in [0, 0.1) is 0 Å². The van der Waals surface area contributed by atoms with Gasteiger partial charge in [0.25, 0.3) is 10.0 Å². The molecule has 2 aromatic rings. The van der Waals surface area contributed by atoms with Crippen molar-refractivity contribution in [3.05, 3.63) is 65.7 Å². The van der Waals surface area contributed by atoms with Crippen LogP contribution in [0.3, 0.4) is 0 Å². The van der Waals surface area contributed by atoms with E-state index in [1.807, 2.05) is 11.0 Å². The molecule has 0 unspecified atom stereocenters. The first-order valence-electron chi connectivity index (χ1n) is 12.0. The zero-order chi connectivity index (χ0) is 23.5. The molecule has 2 fully saturated rings. The molecular weight excluding hydrogens is 450 g/mol. The van der Waals surface area contributed by atoms with Gasteiger partial charge in [0.15, 0.2) is 5.84 Å². The standard InChI is InChI=1S/C25H31N5O3S/c31-25(26-12-14-28-15-17-29(18-16-28)19-20-7-2-1-3-8-20)22-10-6-13-30(22)24-21-9-4-5-11-23(21)34(32,33)27-24/h1-5,7-9,11,22H,6,10,12-19H2,(H,26,31)/t22-/m0/s1. The molecule has 1 amide bonds. The summed E-state index contributed by atoms with van der Waals surface area (Å²) in [5.41, 5.74) is 1.93. The number of likely N-dealkylation sites (tertiary alicyclic amines) is 1. The van der Waals surface area contributed by atoms with E-state index in [1.54, 1.807) is 24.3 Å². The second-order valence-corrected chi connectivity index (χ2v) is 10.7. The molecule has 1 N–H and O–H groups in total. The Kier molecular flexibility index (Phi) is 6.67. The van der Waals surface area contributed by atoms with E-state index in [1.165, 1.54) is 5.56 Å². The number of rotatable bonds is 6. The molecule has 0 spiro atoms. The van der Waals surface area contributed by atoms with Crippen molar-refractivity contribution in [3.63, 3.8) is 0 Å². The lowest BCUT2D eigenvalue weighted by molar-refractivity contribution is -0.124. The lowest BCUT2D eigenvalue weighted by atomic mass is 10.1. The highest BCUT2D eigenvalue weighted by atomic mass is 32.2. The van der Waals surface area contributed by atoms with Gasteiger partial charge in [-0.15, -0.1) is 4.40 Å². The average Bonchev–Trinajstić information content (AvgIpc) is 3.44. The fourth-order valence-electron chi connectivity index (χ4n) is 5.06. The molecule has 0 aromatic heterocycles. The molecule has 2 saturated heterocycles. The van der Waals surface area contributed by atoms with E-state index in [2.05, 4.69) is 43.8 Å². The Morgan fingerprint density at radius 3 is 2.44 bits per heavy atom. The number of carbonyl (C=O) groups excluding carboxylic acids is 1. The Morgan fingerprint density at radius 2 is 1.65 bits per heavy atom. The summed E-state index contributed by atoms with van der Waals surface area (Å²) in [5.74, 6) is 0.354. The van der Waals surface area contributed by atoms with Crippen LogP contribution in [0.2, 0.25) is 0 Å². The van der Waals surface area contributed by atoms with Gasteiger partial charge in [0.2, 0.25) is 5.91 Å². The molecule has 2 aromatic carbocycles. The maximum atomic E-state index is 13.0. The van der Waals surface area contributed by atoms with E-state index in [0.29, 0.717) is 30.9 Å². The first-order valence-corrected chi connectivity index (χ1v) is 13.4. The molecule has 0 saturated carbocycles. The SMILES string of the molecule is O=C(NCCN1CCN(Cc2ccccc2)CC1)[C@@H]1CCCN1C1=NS(=O)(=O)c2ccccc21. The summed E-state index contributed by atoms with van der Waals surface area (Å²) in [4.78, 5) is 19.9. The van der Waals surface area contributed by atoms with Crippen molar-refractivity contribution in [3.8, 4) is 0 Å². The van der Waals surface area contributed by atoms with E-state index in [-0.39, 0.29) is 16.8 Å². The molecular formula is C25H31N5O3S. The number of carbonyl (C=O) groups is 1. The highest BCUT2D eigenvalue weighted by molar-refractivity contribution is 7.90. The topological polar surface area (TPSA) is 85.3 Å². The van der Waals surface area contributed by atoms with Crippen molar-refractivity contribution in [1.29, 1.82) is 0 Å². The van der Waals surface area contributed by atoms with Gasteiger partial charge in [-0.1, -0.05) is 42.5 Å². The van der Waals surface area contributed by atoms with Crippen LogP contribution in [-0.4, -0.2) is 86.7 Å². The first kappa shape index (κ1) is 23.0. The maximum Gasteiger partial charge on any atom is 0.285 e. The summed E-state index contributed by atoms with van der Waals surface area (Å²) in [7, 11) is -3.69.